The van der Waals surface area contributed by atoms with E-state index in [1.54, 1.807) is 0 Å². The topological polar surface area (TPSA) is 67.6 Å². The zero-order valence-corrected chi connectivity index (χ0v) is 16.5. The molecule has 0 aromatic heterocycles. The summed E-state index contributed by atoms with van der Waals surface area (Å²) in [5.41, 5.74) is 9.40. The molecular formula is C21H33N3O2. The first-order valence-electron chi connectivity index (χ1n) is 9.51. The van der Waals surface area contributed by atoms with Crippen molar-refractivity contribution < 1.29 is 9.53 Å². The van der Waals surface area contributed by atoms with E-state index in [9.17, 15) is 4.79 Å². The summed E-state index contributed by atoms with van der Waals surface area (Å²) in [6.07, 6.45) is 8.66. The summed E-state index contributed by atoms with van der Waals surface area (Å²) in [6.45, 7) is 14.0. The SMILES string of the molecule is C=C(CC/C(N)=C\C)C(=O)NC1=CC=C(N2C[C@@H](C)O[C@@H](C)C2)C[C@@H]1C. The zero-order valence-electron chi connectivity index (χ0n) is 16.5. The molecule has 0 aromatic carbocycles. The van der Waals surface area contributed by atoms with Gasteiger partial charge in [-0.1, -0.05) is 19.6 Å². The normalized spacial score (nSPS) is 26.8. The number of morpholine rings is 1. The molecule has 26 heavy (non-hydrogen) atoms. The van der Waals surface area contributed by atoms with Crippen molar-refractivity contribution in [1.29, 1.82) is 0 Å². The van der Waals surface area contributed by atoms with Gasteiger partial charge in [-0.3, -0.25) is 4.79 Å². The second kappa shape index (κ2) is 9.08. The van der Waals surface area contributed by atoms with Gasteiger partial charge >= 0.3 is 0 Å². The highest BCUT2D eigenvalue weighted by atomic mass is 16.5. The molecule has 0 spiro atoms. The van der Waals surface area contributed by atoms with Crippen LogP contribution in [-0.4, -0.2) is 36.1 Å². The number of rotatable bonds is 6. The maximum absolute atomic E-state index is 12.4. The Morgan fingerprint density at radius 3 is 2.54 bits per heavy atom. The van der Waals surface area contributed by atoms with Gasteiger partial charge in [0.1, 0.15) is 0 Å². The molecule has 1 aliphatic carbocycles. The number of nitrogens with zero attached hydrogens (tertiary/aromatic N) is 1. The molecule has 0 bridgehead atoms. The van der Waals surface area contributed by atoms with Crippen LogP contribution in [0.2, 0.25) is 0 Å². The Morgan fingerprint density at radius 2 is 1.96 bits per heavy atom. The van der Waals surface area contributed by atoms with Crippen molar-refractivity contribution in [2.24, 2.45) is 11.7 Å². The summed E-state index contributed by atoms with van der Waals surface area (Å²) in [5, 5.41) is 3.03. The van der Waals surface area contributed by atoms with Crippen molar-refractivity contribution in [2.45, 2.75) is 59.2 Å². The predicted molar refractivity (Wildman–Crippen MR) is 106 cm³/mol. The second-order valence-corrected chi connectivity index (χ2v) is 7.47. The molecule has 2 rings (SSSR count). The van der Waals surface area contributed by atoms with Crippen LogP contribution in [0.5, 0.6) is 0 Å². The average Bonchev–Trinajstić information content (AvgIpc) is 2.59. The maximum atomic E-state index is 12.4. The lowest BCUT2D eigenvalue weighted by atomic mass is 9.94. The van der Waals surface area contributed by atoms with Gasteiger partial charge in [-0.2, -0.15) is 0 Å². The number of nitrogens with one attached hydrogen (secondary N) is 1. The third-order valence-electron chi connectivity index (χ3n) is 4.99. The van der Waals surface area contributed by atoms with E-state index in [0.29, 0.717) is 18.4 Å². The van der Waals surface area contributed by atoms with Crippen LogP contribution >= 0.6 is 0 Å². The molecule has 1 aliphatic heterocycles. The van der Waals surface area contributed by atoms with Crippen LogP contribution in [0.3, 0.4) is 0 Å². The van der Waals surface area contributed by atoms with Gasteiger partial charge in [-0.05, 0) is 52.2 Å². The Labute approximate surface area is 157 Å². The lowest BCUT2D eigenvalue weighted by Gasteiger charge is -2.40. The molecular weight excluding hydrogens is 326 g/mol. The van der Waals surface area contributed by atoms with Gasteiger partial charge in [0.2, 0.25) is 0 Å². The molecule has 3 N–H and O–H groups in total. The van der Waals surface area contributed by atoms with Crippen LogP contribution in [0, 0.1) is 5.92 Å². The predicted octanol–water partition coefficient (Wildman–Crippen LogP) is 3.22. The van der Waals surface area contributed by atoms with E-state index in [2.05, 4.69) is 43.6 Å². The number of hydrogen-bond acceptors (Lipinski definition) is 4. The van der Waals surface area contributed by atoms with Crippen molar-refractivity contribution in [1.82, 2.24) is 10.2 Å². The van der Waals surface area contributed by atoms with Gasteiger partial charge in [0.05, 0.1) is 12.2 Å². The van der Waals surface area contributed by atoms with Crippen LogP contribution in [0.1, 0.15) is 47.0 Å². The van der Waals surface area contributed by atoms with Crippen molar-refractivity contribution in [2.75, 3.05) is 13.1 Å². The number of ether oxygens (including phenoxy) is 1. The van der Waals surface area contributed by atoms with Crippen LogP contribution in [0.15, 0.2) is 47.5 Å². The Bertz CT molecular complexity index is 623. The van der Waals surface area contributed by atoms with E-state index >= 15 is 0 Å². The Kier molecular flexibility index (Phi) is 7.09. The van der Waals surface area contributed by atoms with Gasteiger partial charge in [0.15, 0.2) is 0 Å². The summed E-state index contributed by atoms with van der Waals surface area (Å²) in [4.78, 5) is 14.8. The summed E-state index contributed by atoms with van der Waals surface area (Å²) in [6, 6.07) is 0. The largest absolute Gasteiger partial charge is 0.402 e. The van der Waals surface area contributed by atoms with Gasteiger partial charge in [0.25, 0.3) is 5.91 Å². The Morgan fingerprint density at radius 1 is 1.31 bits per heavy atom. The number of hydrogen-bond donors (Lipinski definition) is 2. The first-order chi connectivity index (χ1) is 12.3. The van der Waals surface area contributed by atoms with Crippen molar-refractivity contribution in [3.8, 4) is 0 Å². The molecule has 1 amide bonds. The number of carbonyl (C=O) groups excluding carboxylic acids is 1. The summed E-state index contributed by atoms with van der Waals surface area (Å²) in [5.74, 6) is 0.151. The highest BCUT2D eigenvalue weighted by molar-refractivity contribution is 5.94. The van der Waals surface area contributed by atoms with E-state index in [-0.39, 0.29) is 24.0 Å². The van der Waals surface area contributed by atoms with E-state index in [1.807, 2.05) is 19.1 Å². The van der Waals surface area contributed by atoms with Crippen LogP contribution in [0.25, 0.3) is 0 Å². The minimum atomic E-state index is -0.113. The molecule has 0 saturated carbocycles. The third-order valence-corrected chi connectivity index (χ3v) is 4.99. The van der Waals surface area contributed by atoms with Crippen molar-refractivity contribution in [3.05, 3.63) is 47.5 Å². The smallest absolute Gasteiger partial charge is 0.250 e. The van der Waals surface area contributed by atoms with Crippen molar-refractivity contribution in [3.63, 3.8) is 0 Å². The number of carbonyl (C=O) groups is 1. The van der Waals surface area contributed by atoms with Crippen LogP contribution < -0.4 is 11.1 Å². The van der Waals surface area contributed by atoms with Gasteiger partial charge in [-0.15, -0.1) is 0 Å². The molecule has 1 heterocycles. The van der Waals surface area contributed by atoms with Crippen LogP contribution in [-0.2, 0) is 9.53 Å². The van der Waals surface area contributed by atoms with Crippen molar-refractivity contribution >= 4 is 5.91 Å². The first kappa shape index (κ1) is 20.3. The molecule has 0 radical (unpaired) electrons. The monoisotopic (exact) mass is 359 g/mol. The molecule has 3 atom stereocenters. The van der Waals surface area contributed by atoms with E-state index in [1.165, 1.54) is 5.70 Å². The fourth-order valence-corrected chi connectivity index (χ4v) is 3.43. The van der Waals surface area contributed by atoms with E-state index < -0.39 is 0 Å². The molecule has 5 nitrogen and oxygen atoms in total. The minimum absolute atomic E-state index is 0.113. The molecule has 144 valence electrons. The second-order valence-electron chi connectivity index (χ2n) is 7.47. The van der Waals surface area contributed by atoms with Gasteiger partial charge in [-0.25, -0.2) is 0 Å². The standard InChI is InChI=1S/C21H33N3O2/c1-6-18(22)8-7-14(2)21(25)23-20-10-9-19(11-15(20)3)24-12-16(4)26-17(5)13-24/h6,9-10,15-17H,2,7-8,11-13,22H2,1,3-5H3,(H,23,25)/b18-6+/t15-,16-,17+/m0/s1. The van der Waals surface area contributed by atoms with Gasteiger partial charge in [0, 0.05) is 41.7 Å². The van der Waals surface area contributed by atoms with E-state index in [4.69, 9.17) is 10.5 Å². The Hall–Kier alpha value is -2.01. The first-order valence-corrected chi connectivity index (χ1v) is 9.51. The summed E-state index contributed by atoms with van der Waals surface area (Å²) < 4.78 is 5.82. The van der Waals surface area contributed by atoms with E-state index in [0.717, 1.165) is 30.9 Å². The summed E-state index contributed by atoms with van der Waals surface area (Å²) >= 11 is 0. The molecule has 1 fully saturated rings. The molecule has 0 aromatic rings. The number of allylic oxidation sites excluding steroid dienone is 6. The lowest BCUT2D eigenvalue weighted by Crippen LogP contribution is -2.45. The van der Waals surface area contributed by atoms with Gasteiger partial charge < -0.3 is 20.7 Å². The fourth-order valence-electron chi connectivity index (χ4n) is 3.43. The quantitative estimate of drug-likeness (QED) is 0.715. The highest BCUT2D eigenvalue weighted by Gasteiger charge is 2.26. The minimum Gasteiger partial charge on any atom is -0.402 e. The average molecular weight is 360 g/mol. The highest BCUT2D eigenvalue weighted by Crippen LogP contribution is 2.28. The fraction of sp³-hybridized carbons (Fsp3) is 0.571. The lowest BCUT2D eigenvalue weighted by molar-refractivity contribution is -0.117. The number of nitrogens with two attached hydrogens (primary N) is 1. The Balaban J connectivity index is 1.96. The molecule has 1 saturated heterocycles. The zero-order chi connectivity index (χ0) is 19.3. The molecule has 2 aliphatic rings. The molecule has 5 heteroatoms. The molecule has 0 unspecified atom stereocenters. The van der Waals surface area contributed by atoms with Crippen LogP contribution in [0.4, 0.5) is 0 Å². The summed E-state index contributed by atoms with van der Waals surface area (Å²) in [7, 11) is 0. The third kappa shape index (κ3) is 5.49. The number of amides is 1. The maximum Gasteiger partial charge on any atom is 0.250 e.